The first-order valence-electron chi connectivity index (χ1n) is 14.8. The lowest BCUT2D eigenvalue weighted by molar-refractivity contribution is 0.159. The fraction of sp³-hybridized carbons (Fsp3) is 0.0488. The summed E-state index contributed by atoms with van der Waals surface area (Å²) in [6, 6.07) is 42.0. The second-order valence-electron chi connectivity index (χ2n) is 10.8. The molecule has 0 unspecified atom stereocenters. The number of benzene rings is 5. The van der Waals surface area contributed by atoms with Crippen molar-refractivity contribution in [2.75, 3.05) is 0 Å². The molecule has 0 amide bonds. The molecule has 1 fully saturated rings. The maximum atomic E-state index is 6.21. The predicted molar refractivity (Wildman–Crippen MR) is 188 cm³/mol. The molecule has 212 valence electrons. The van der Waals surface area contributed by atoms with E-state index in [0.29, 0.717) is 0 Å². The van der Waals surface area contributed by atoms with E-state index in [1.165, 1.54) is 0 Å². The monoisotopic (exact) mass is 586 g/mol. The molecule has 5 aromatic carbocycles. The number of rotatable bonds is 0. The number of thiocarbonyl (C=S) groups is 1. The molecule has 0 saturated carbocycles. The zero-order chi connectivity index (χ0) is 29.7. The summed E-state index contributed by atoms with van der Waals surface area (Å²) in [5.41, 5.74) is 11.0. The Balaban J connectivity index is 1.41. The third-order valence-electron chi connectivity index (χ3n) is 8.08. The van der Waals surface area contributed by atoms with Gasteiger partial charge in [0.05, 0.1) is 0 Å². The van der Waals surface area contributed by atoms with Crippen molar-refractivity contribution in [3.05, 3.63) is 177 Å². The Labute approximate surface area is 263 Å². The van der Waals surface area contributed by atoms with E-state index < -0.39 is 0 Å². The van der Waals surface area contributed by atoms with Crippen LogP contribution >= 0.6 is 12.2 Å². The Hall–Kier alpha value is -5.25. The number of hydrogen-bond donors (Lipinski definition) is 0. The van der Waals surface area contributed by atoms with Crippen LogP contribution in [0.4, 0.5) is 0 Å². The molecule has 7 rings (SSSR count). The van der Waals surface area contributed by atoms with Gasteiger partial charge in [0.1, 0.15) is 0 Å². The number of hydrogen-bond acceptors (Lipinski definition) is 3. The lowest BCUT2D eigenvalue weighted by atomic mass is 9.91. The van der Waals surface area contributed by atoms with E-state index in [2.05, 4.69) is 158 Å². The molecular formula is C41H30O2S. The zero-order valence-corrected chi connectivity index (χ0v) is 24.9. The molecule has 0 bridgehead atoms. The van der Waals surface area contributed by atoms with Crippen LogP contribution in [0.1, 0.15) is 67.8 Å². The second kappa shape index (κ2) is 12.5. The van der Waals surface area contributed by atoms with Crippen LogP contribution in [0.15, 0.2) is 121 Å². The summed E-state index contributed by atoms with van der Waals surface area (Å²) in [5, 5.41) is 0.168. The van der Waals surface area contributed by atoms with Gasteiger partial charge in [0.15, 0.2) is 12.2 Å². The smallest absolute Gasteiger partial charge is 0.353 e. The Morgan fingerprint density at radius 1 is 0.318 bits per heavy atom. The fourth-order valence-corrected chi connectivity index (χ4v) is 6.02. The Bertz CT molecular complexity index is 1820. The molecule has 1 saturated heterocycles. The molecule has 1 aliphatic heterocycles. The van der Waals surface area contributed by atoms with E-state index in [4.69, 9.17) is 21.7 Å². The molecule has 5 aromatic rings. The normalized spacial score (nSPS) is 20.0. The minimum atomic E-state index is -0.384. The summed E-state index contributed by atoms with van der Waals surface area (Å²) in [5.74, 6) is 0. The van der Waals surface area contributed by atoms with Gasteiger partial charge in [-0.25, -0.2) is 0 Å². The third-order valence-corrected chi connectivity index (χ3v) is 8.28. The van der Waals surface area contributed by atoms with Crippen molar-refractivity contribution in [3.8, 4) is 0 Å². The van der Waals surface area contributed by atoms with Crippen LogP contribution in [0.25, 0.3) is 48.6 Å². The van der Waals surface area contributed by atoms with Crippen LogP contribution in [-0.2, 0) is 9.47 Å². The van der Waals surface area contributed by atoms with Crippen molar-refractivity contribution >= 4 is 66.1 Å². The summed E-state index contributed by atoms with van der Waals surface area (Å²) in [6.45, 7) is 0. The standard InChI is InChI=1S/C41H30O2S/c44-41-42-39-37-19-9-7-17-35(37)27-25-33-15-5-3-13-31(33)23-21-29-11-1-2-12-30(29)22-24-32-14-4-6-16-34(32)26-28-36-18-8-10-20-38(36)40(39)43-41/h1-28,39-40H/b23-21-,24-22-,27-25-,28-26-/t39-,40+. The second-order valence-corrected chi connectivity index (χ2v) is 11.1. The van der Waals surface area contributed by atoms with Crippen molar-refractivity contribution in [1.82, 2.24) is 0 Å². The van der Waals surface area contributed by atoms with Crippen LogP contribution in [0, 0.1) is 0 Å². The van der Waals surface area contributed by atoms with Gasteiger partial charge in [-0.2, -0.15) is 0 Å². The molecule has 1 heterocycles. The molecule has 2 nitrogen and oxygen atoms in total. The minimum Gasteiger partial charge on any atom is -0.444 e. The molecule has 0 spiro atoms. The topological polar surface area (TPSA) is 18.5 Å². The average molecular weight is 587 g/mol. The van der Waals surface area contributed by atoms with Crippen molar-refractivity contribution in [1.29, 1.82) is 0 Å². The number of ether oxygens (including phenoxy) is 2. The van der Waals surface area contributed by atoms with Crippen molar-refractivity contribution in [2.45, 2.75) is 12.2 Å². The highest BCUT2D eigenvalue weighted by atomic mass is 32.1. The van der Waals surface area contributed by atoms with Crippen molar-refractivity contribution in [3.63, 3.8) is 0 Å². The Kier molecular flexibility index (Phi) is 7.86. The van der Waals surface area contributed by atoms with Gasteiger partial charge in [0.2, 0.25) is 0 Å². The van der Waals surface area contributed by atoms with Gasteiger partial charge < -0.3 is 9.47 Å². The summed E-state index contributed by atoms with van der Waals surface area (Å²) in [6.07, 6.45) is 16.6. The highest BCUT2D eigenvalue weighted by Crippen LogP contribution is 2.44. The summed E-state index contributed by atoms with van der Waals surface area (Å²) >= 11 is 5.47. The van der Waals surface area contributed by atoms with Crippen LogP contribution < -0.4 is 0 Å². The highest BCUT2D eigenvalue weighted by molar-refractivity contribution is 7.79. The lowest BCUT2D eigenvalue weighted by Gasteiger charge is -2.20. The first-order chi connectivity index (χ1) is 21.7. The van der Waals surface area contributed by atoms with Gasteiger partial charge in [-0.15, -0.1) is 0 Å². The van der Waals surface area contributed by atoms with Gasteiger partial charge in [-0.05, 0) is 44.5 Å². The largest absolute Gasteiger partial charge is 0.444 e. The van der Waals surface area contributed by atoms with Gasteiger partial charge in [0.25, 0.3) is 0 Å². The van der Waals surface area contributed by atoms with Gasteiger partial charge in [0, 0.05) is 23.3 Å². The van der Waals surface area contributed by atoms with E-state index in [1.54, 1.807) is 0 Å². The molecule has 2 aliphatic rings. The van der Waals surface area contributed by atoms with Crippen molar-refractivity contribution in [2.24, 2.45) is 0 Å². The maximum absolute atomic E-state index is 6.21. The maximum Gasteiger partial charge on any atom is 0.353 e. The summed E-state index contributed by atoms with van der Waals surface area (Å²) in [4.78, 5) is 0. The van der Waals surface area contributed by atoms with E-state index in [-0.39, 0.29) is 17.4 Å². The van der Waals surface area contributed by atoms with Crippen LogP contribution in [-0.4, -0.2) is 5.24 Å². The van der Waals surface area contributed by atoms with Gasteiger partial charge >= 0.3 is 5.24 Å². The Morgan fingerprint density at radius 3 is 0.841 bits per heavy atom. The summed E-state index contributed by atoms with van der Waals surface area (Å²) < 4.78 is 12.4. The highest BCUT2D eigenvalue weighted by Gasteiger charge is 2.38. The van der Waals surface area contributed by atoms with E-state index in [1.807, 2.05) is 12.1 Å². The molecule has 0 N–H and O–H groups in total. The fourth-order valence-electron chi connectivity index (χ4n) is 5.82. The SMILES string of the molecule is S=C1O[C@@H]2c3ccccc3/C=C\c3ccccc3/C=C\c3ccccc3/C=C\c3ccccc3/C=C\c3ccccc3[C@@H]2O1. The minimum absolute atomic E-state index is 0.168. The van der Waals surface area contributed by atoms with Crippen LogP contribution in [0.5, 0.6) is 0 Å². The number of fused-ring (bicyclic) bond motifs is 8. The average Bonchev–Trinajstić information content (AvgIpc) is 3.46. The third kappa shape index (κ3) is 5.83. The van der Waals surface area contributed by atoms with E-state index in [9.17, 15) is 0 Å². The molecule has 3 heteroatoms. The first kappa shape index (κ1) is 27.6. The summed E-state index contributed by atoms with van der Waals surface area (Å²) in [7, 11) is 0. The molecular weight excluding hydrogens is 557 g/mol. The Morgan fingerprint density at radius 2 is 0.545 bits per heavy atom. The molecule has 1 aliphatic carbocycles. The van der Waals surface area contributed by atoms with Gasteiger partial charge in [-0.3, -0.25) is 0 Å². The zero-order valence-electron chi connectivity index (χ0n) is 24.0. The quantitative estimate of drug-likeness (QED) is 0.168. The van der Waals surface area contributed by atoms with Gasteiger partial charge in [-0.1, -0.05) is 170 Å². The lowest BCUT2D eigenvalue weighted by Crippen LogP contribution is -2.10. The molecule has 0 radical (unpaired) electrons. The van der Waals surface area contributed by atoms with Crippen LogP contribution in [0.2, 0.25) is 0 Å². The van der Waals surface area contributed by atoms with E-state index >= 15 is 0 Å². The van der Waals surface area contributed by atoms with Crippen LogP contribution in [0.3, 0.4) is 0 Å². The predicted octanol–water partition coefficient (Wildman–Crippen LogP) is 10.8. The molecule has 0 aromatic heterocycles. The molecule has 44 heavy (non-hydrogen) atoms. The van der Waals surface area contributed by atoms with E-state index in [0.717, 1.165) is 55.6 Å². The first-order valence-corrected chi connectivity index (χ1v) is 15.2. The molecule has 2 atom stereocenters. The van der Waals surface area contributed by atoms with Crippen molar-refractivity contribution < 1.29 is 9.47 Å².